The van der Waals surface area contributed by atoms with Crippen LogP contribution in [0.3, 0.4) is 0 Å². The van der Waals surface area contributed by atoms with Crippen LogP contribution in [0, 0.1) is 16.7 Å². The van der Waals surface area contributed by atoms with Crippen molar-refractivity contribution in [1.29, 1.82) is 0 Å². The molecule has 154 valence electrons. The Bertz CT molecular complexity index is 853. The monoisotopic (exact) mass is 396 g/mol. The minimum Gasteiger partial charge on any atom is -0.458 e. The number of ether oxygens (including phenoxy) is 1. The molecule has 0 aliphatic heterocycles. The lowest BCUT2D eigenvalue weighted by atomic mass is 9.45. The molecule has 5 heteroatoms. The second-order valence-electron chi connectivity index (χ2n) is 8.87. The quantitative estimate of drug-likeness (QED) is 0.468. The fourth-order valence-corrected chi connectivity index (χ4v) is 5.12. The summed E-state index contributed by atoms with van der Waals surface area (Å²) < 4.78 is 5.78. The lowest BCUT2D eigenvalue weighted by Crippen LogP contribution is -2.69. The van der Waals surface area contributed by atoms with Crippen LogP contribution in [0.1, 0.15) is 45.6 Å². The molecule has 0 spiro atoms. The summed E-state index contributed by atoms with van der Waals surface area (Å²) in [5, 5.41) is 11.8. The first-order valence-electron chi connectivity index (χ1n) is 9.96. The molecule has 0 saturated heterocycles. The first kappa shape index (κ1) is 21.2. The molecule has 0 heterocycles. The highest BCUT2D eigenvalue weighted by molar-refractivity contribution is 5.87. The van der Waals surface area contributed by atoms with Crippen LogP contribution in [-0.2, 0) is 19.1 Å². The van der Waals surface area contributed by atoms with Crippen molar-refractivity contribution >= 4 is 24.6 Å². The number of hydrogen-bond acceptors (Lipinski definition) is 5. The van der Waals surface area contributed by atoms with E-state index in [1.54, 1.807) is 19.1 Å². The summed E-state index contributed by atoms with van der Waals surface area (Å²) >= 11 is 0. The van der Waals surface area contributed by atoms with Crippen molar-refractivity contribution in [1.82, 2.24) is 0 Å². The molecule has 1 N–H and O–H groups in total. The zero-order valence-corrected chi connectivity index (χ0v) is 17.1. The zero-order chi connectivity index (χ0) is 21.3. The molecule has 2 aliphatic rings. The molecule has 1 fully saturated rings. The van der Waals surface area contributed by atoms with Crippen LogP contribution in [0.2, 0.25) is 0 Å². The predicted molar refractivity (Wildman–Crippen MR) is 110 cm³/mol. The highest BCUT2D eigenvalue weighted by atomic mass is 16.5. The molecule has 4 atom stereocenters. The molecule has 1 aromatic carbocycles. The van der Waals surface area contributed by atoms with Gasteiger partial charge in [0.2, 0.25) is 0 Å². The number of rotatable bonds is 5. The summed E-state index contributed by atoms with van der Waals surface area (Å²) in [6.45, 7) is 5.68. The molecule has 3 rings (SSSR count). The standard InChI is InChI=1S/C24H28O5/c1-22(2)13-12-20(29-21(27)10-9-17-7-5-4-6-8-17)23(3)19(16-26)18(15-25)11-14-24(22,23)28/h4-11,15-16,19-20,28H,12-14H2,1-3H3/t19-,20+,23-,24+/m0/s1. The van der Waals surface area contributed by atoms with E-state index in [1.165, 1.54) is 6.08 Å². The summed E-state index contributed by atoms with van der Waals surface area (Å²) in [5.74, 6) is -1.37. The van der Waals surface area contributed by atoms with Crippen LogP contribution in [0.4, 0.5) is 0 Å². The average molecular weight is 396 g/mol. The van der Waals surface area contributed by atoms with Gasteiger partial charge in [0.25, 0.3) is 0 Å². The van der Waals surface area contributed by atoms with Gasteiger partial charge >= 0.3 is 5.97 Å². The van der Waals surface area contributed by atoms with Gasteiger partial charge in [0.1, 0.15) is 18.7 Å². The van der Waals surface area contributed by atoms with Gasteiger partial charge in [0.05, 0.1) is 11.5 Å². The Kier molecular flexibility index (Phi) is 5.63. The zero-order valence-electron chi connectivity index (χ0n) is 17.1. The van der Waals surface area contributed by atoms with Crippen LogP contribution >= 0.6 is 0 Å². The maximum Gasteiger partial charge on any atom is 0.331 e. The van der Waals surface area contributed by atoms with Crippen molar-refractivity contribution in [2.24, 2.45) is 16.7 Å². The first-order valence-corrected chi connectivity index (χ1v) is 9.96. The Morgan fingerprint density at radius 3 is 2.48 bits per heavy atom. The van der Waals surface area contributed by atoms with E-state index in [2.05, 4.69) is 0 Å². The number of aliphatic hydroxyl groups is 1. The molecule has 29 heavy (non-hydrogen) atoms. The van der Waals surface area contributed by atoms with Gasteiger partial charge < -0.3 is 14.6 Å². The number of hydrogen-bond donors (Lipinski definition) is 1. The third-order valence-corrected chi connectivity index (χ3v) is 7.09. The topological polar surface area (TPSA) is 80.7 Å². The molecule has 5 nitrogen and oxygen atoms in total. The van der Waals surface area contributed by atoms with Gasteiger partial charge in [-0.3, -0.25) is 4.79 Å². The smallest absolute Gasteiger partial charge is 0.331 e. The lowest BCUT2D eigenvalue weighted by Gasteiger charge is -2.63. The van der Waals surface area contributed by atoms with Gasteiger partial charge in [-0.15, -0.1) is 0 Å². The number of fused-ring (bicyclic) bond motifs is 1. The first-order chi connectivity index (χ1) is 13.7. The summed E-state index contributed by atoms with van der Waals surface area (Å²) in [6.07, 6.45) is 6.73. The minimum absolute atomic E-state index is 0.239. The van der Waals surface area contributed by atoms with Crippen molar-refractivity contribution in [2.45, 2.75) is 51.7 Å². The molecule has 0 unspecified atom stereocenters. The minimum atomic E-state index is -1.29. The summed E-state index contributed by atoms with van der Waals surface area (Å²) in [7, 11) is 0. The van der Waals surface area contributed by atoms with Gasteiger partial charge in [0.15, 0.2) is 0 Å². The van der Waals surface area contributed by atoms with Gasteiger partial charge in [-0.25, -0.2) is 4.79 Å². The van der Waals surface area contributed by atoms with Crippen molar-refractivity contribution < 1.29 is 24.2 Å². The Hall–Kier alpha value is -2.53. The Labute approximate surface area is 171 Å². The molecule has 1 aromatic rings. The maximum atomic E-state index is 12.5. The number of esters is 1. The van der Waals surface area contributed by atoms with E-state index < -0.39 is 34.4 Å². The SMILES string of the molecule is CC1(C)CC[C@@H](OC(=O)C=Cc2ccccc2)[C@]2(C)[C@@H](C=O)C(C=O)=CC[C@@]12O. The van der Waals surface area contributed by atoms with E-state index in [9.17, 15) is 19.5 Å². The normalized spacial score (nSPS) is 33.4. The Morgan fingerprint density at radius 1 is 1.17 bits per heavy atom. The lowest BCUT2D eigenvalue weighted by molar-refractivity contribution is -0.245. The van der Waals surface area contributed by atoms with Crippen LogP contribution in [0.5, 0.6) is 0 Å². The van der Waals surface area contributed by atoms with Crippen LogP contribution in [0.25, 0.3) is 6.08 Å². The van der Waals surface area contributed by atoms with Crippen LogP contribution < -0.4 is 0 Å². The summed E-state index contributed by atoms with van der Waals surface area (Å²) in [4.78, 5) is 36.1. The summed E-state index contributed by atoms with van der Waals surface area (Å²) in [6, 6.07) is 9.38. The van der Waals surface area contributed by atoms with E-state index in [0.29, 0.717) is 31.0 Å². The second-order valence-corrected chi connectivity index (χ2v) is 8.87. The fraction of sp³-hybridized carbons (Fsp3) is 0.458. The molecule has 1 saturated carbocycles. The van der Waals surface area contributed by atoms with Gasteiger partial charge in [-0.05, 0) is 41.9 Å². The highest BCUT2D eigenvalue weighted by Gasteiger charge is 2.67. The van der Waals surface area contributed by atoms with Crippen molar-refractivity contribution in [3.8, 4) is 0 Å². The van der Waals surface area contributed by atoms with E-state index in [1.807, 2.05) is 44.2 Å². The second kappa shape index (κ2) is 7.71. The van der Waals surface area contributed by atoms with E-state index >= 15 is 0 Å². The van der Waals surface area contributed by atoms with Gasteiger partial charge in [-0.1, -0.05) is 57.2 Å². The number of aldehydes is 2. The molecule has 0 aromatic heterocycles. The van der Waals surface area contributed by atoms with E-state index in [4.69, 9.17) is 4.74 Å². The van der Waals surface area contributed by atoms with Crippen molar-refractivity contribution in [3.05, 3.63) is 53.6 Å². The molecule has 2 aliphatic carbocycles. The van der Waals surface area contributed by atoms with Crippen molar-refractivity contribution in [2.75, 3.05) is 0 Å². The van der Waals surface area contributed by atoms with Crippen LogP contribution in [0.15, 0.2) is 48.1 Å². The summed E-state index contributed by atoms with van der Waals surface area (Å²) in [5.41, 5.74) is -1.68. The molecular weight excluding hydrogens is 368 g/mol. The largest absolute Gasteiger partial charge is 0.458 e. The number of allylic oxidation sites excluding steroid dienone is 1. The number of carbonyl (C=O) groups excluding carboxylic acids is 3. The Balaban J connectivity index is 1.93. The van der Waals surface area contributed by atoms with Gasteiger partial charge in [-0.2, -0.15) is 0 Å². The fourth-order valence-electron chi connectivity index (χ4n) is 5.12. The molecule has 0 radical (unpaired) electrons. The average Bonchev–Trinajstić information content (AvgIpc) is 2.71. The van der Waals surface area contributed by atoms with Gasteiger partial charge in [0, 0.05) is 11.5 Å². The molecule has 0 amide bonds. The third kappa shape index (κ3) is 3.38. The predicted octanol–water partition coefficient (Wildman–Crippen LogP) is 3.51. The van der Waals surface area contributed by atoms with E-state index in [0.717, 1.165) is 5.56 Å². The number of carbonyl (C=O) groups is 3. The number of benzene rings is 1. The maximum absolute atomic E-state index is 12.5. The van der Waals surface area contributed by atoms with E-state index in [-0.39, 0.29) is 6.42 Å². The van der Waals surface area contributed by atoms with Crippen LogP contribution in [-0.4, -0.2) is 35.4 Å². The highest BCUT2D eigenvalue weighted by Crippen LogP contribution is 2.62. The molecule has 0 bridgehead atoms. The molecular formula is C24H28O5. The third-order valence-electron chi connectivity index (χ3n) is 7.09. The Morgan fingerprint density at radius 2 is 1.86 bits per heavy atom. The van der Waals surface area contributed by atoms with Crippen molar-refractivity contribution in [3.63, 3.8) is 0 Å².